The lowest BCUT2D eigenvalue weighted by Gasteiger charge is -2.30. The molecule has 0 radical (unpaired) electrons. The zero-order chi connectivity index (χ0) is 14.6. The van der Waals surface area contributed by atoms with E-state index >= 15 is 0 Å². The quantitative estimate of drug-likeness (QED) is 0.831. The highest BCUT2D eigenvalue weighted by Crippen LogP contribution is 2.40. The van der Waals surface area contributed by atoms with Crippen LogP contribution in [0.15, 0.2) is 18.2 Å². The zero-order valence-corrected chi connectivity index (χ0v) is 12.6. The number of ether oxygens (including phenoxy) is 1. The van der Waals surface area contributed by atoms with Gasteiger partial charge in [0.05, 0.1) is 7.11 Å². The van der Waals surface area contributed by atoms with Crippen molar-refractivity contribution < 1.29 is 9.13 Å². The summed E-state index contributed by atoms with van der Waals surface area (Å²) in [6.45, 7) is 2.23. The Labute approximate surface area is 121 Å². The Hall–Kier alpha value is -1.09. The zero-order valence-electron chi connectivity index (χ0n) is 12.6. The molecule has 0 amide bonds. The molecule has 0 heterocycles. The molecule has 112 valence electrons. The van der Waals surface area contributed by atoms with Crippen molar-refractivity contribution in [1.29, 1.82) is 0 Å². The van der Waals surface area contributed by atoms with Crippen molar-refractivity contribution in [2.24, 2.45) is 11.7 Å². The van der Waals surface area contributed by atoms with Crippen LogP contribution in [0.5, 0.6) is 5.75 Å². The highest BCUT2D eigenvalue weighted by molar-refractivity contribution is 5.39. The van der Waals surface area contributed by atoms with Crippen molar-refractivity contribution in [1.82, 2.24) is 0 Å². The van der Waals surface area contributed by atoms with Crippen molar-refractivity contribution in [2.75, 3.05) is 7.11 Å². The van der Waals surface area contributed by atoms with E-state index in [2.05, 4.69) is 6.92 Å². The minimum absolute atomic E-state index is 0.236. The second-order valence-corrected chi connectivity index (χ2v) is 6.09. The third-order valence-electron chi connectivity index (χ3n) is 4.63. The number of hydrogen-bond acceptors (Lipinski definition) is 2. The van der Waals surface area contributed by atoms with Crippen LogP contribution in [0.2, 0.25) is 0 Å². The molecule has 2 unspecified atom stereocenters. The average molecular weight is 279 g/mol. The molecule has 0 bridgehead atoms. The molecule has 1 fully saturated rings. The summed E-state index contributed by atoms with van der Waals surface area (Å²) in [4.78, 5) is 0. The minimum Gasteiger partial charge on any atom is -0.496 e. The van der Waals surface area contributed by atoms with Gasteiger partial charge in [0.1, 0.15) is 11.6 Å². The molecule has 1 aromatic carbocycles. The molecule has 0 aliphatic heterocycles. The number of nitrogens with two attached hydrogens (primary N) is 1. The SMILES string of the molecule is CCCC1CCCC(N)(c2cc(F)ccc2OC)CC1. The van der Waals surface area contributed by atoms with Gasteiger partial charge in [-0.25, -0.2) is 4.39 Å². The smallest absolute Gasteiger partial charge is 0.124 e. The summed E-state index contributed by atoms with van der Waals surface area (Å²) in [5, 5.41) is 0. The van der Waals surface area contributed by atoms with Gasteiger partial charge in [-0.1, -0.05) is 32.6 Å². The van der Waals surface area contributed by atoms with Crippen molar-refractivity contribution in [2.45, 2.75) is 57.4 Å². The highest BCUT2D eigenvalue weighted by atomic mass is 19.1. The van der Waals surface area contributed by atoms with E-state index in [1.165, 1.54) is 25.3 Å². The van der Waals surface area contributed by atoms with Crippen LogP contribution in [0, 0.1) is 11.7 Å². The van der Waals surface area contributed by atoms with Gasteiger partial charge in [-0.3, -0.25) is 0 Å². The number of rotatable bonds is 4. The van der Waals surface area contributed by atoms with Crippen LogP contribution in [0.25, 0.3) is 0 Å². The Morgan fingerprint density at radius 3 is 2.85 bits per heavy atom. The van der Waals surface area contributed by atoms with Gasteiger partial charge in [0, 0.05) is 11.1 Å². The number of hydrogen-bond donors (Lipinski definition) is 1. The topological polar surface area (TPSA) is 35.2 Å². The van der Waals surface area contributed by atoms with Crippen LogP contribution in [-0.4, -0.2) is 7.11 Å². The van der Waals surface area contributed by atoms with Crippen molar-refractivity contribution in [3.8, 4) is 5.75 Å². The van der Waals surface area contributed by atoms with Gasteiger partial charge >= 0.3 is 0 Å². The van der Waals surface area contributed by atoms with Crippen molar-refractivity contribution in [3.05, 3.63) is 29.6 Å². The number of benzene rings is 1. The van der Waals surface area contributed by atoms with Crippen LogP contribution in [0.3, 0.4) is 0 Å². The van der Waals surface area contributed by atoms with E-state index in [9.17, 15) is 4.39 Å². The molecule has 1 aliphatic rings. The van der Waals surface area contributed by atoms with E-state index in [-0.39, 0.29) is 5.82 Å². The summed E-state index contributed by atoms with van der Waals surface area (Å²) in [6, 6.07) is 4.68. The minimum atomic E-state index is -0.448. The summed E-state index contributed by atoms with van der Waals surface area (Å²) in [6.07, 6.45) is 7.81. The van der Waals surface area contributed by atoms with Crippen LogP contribution >= 0.6 is 0 Å². The molecule has 0 saturated heterocycles. The van der Waals surface area contributed by atoms with Crippen LogP contribution < -0.4 is 10.5 Å². The molecule has 1 saturated carbocycles. The average Bonchev–Trinajstić information content (AvgIpc) is 2.63. The molecule has 3 heteroatoms. The van der Waals surface area contributed by atoms with Crippen LogP contribution in [0.1, 0.15) is 57.4 Å². The van der Waals surface area contributed by atoms with E-state index in [0.29, 0.717) is 5.75 Å². The number of methoxy groups -OCH3 is 1. The molecule has 2 rings (SSSR count). The fourth-order valence-electron chi connectivity index (χ4n) is 3.47. The van der Waals surface area contributed by atoms with Gasteiger partial charge in [0.15, 0.2) is 0 Å². The first-order valence-corrected chi connectivity index (χ1v) is 7.72. The summed E-state index contributed by atoms with van der Waals surface area (Å²) in [7, 11) is 1.62. The first-order chi connectivity index (χ1) is 9.59. The largest absolute Gasteiger partial charge is 0.496 e. The Balaban J connectivity index is 2.24. The Morgan fingerprint density at radius 1 is 1.35 bits per heavy atom. The molecule has 20 heavy (non-hydrogen) atoms. The Bertz CT molecular complexity index is 449. The molecule has 2 atom stereocenters. The molecule has 0 aromatic heterocycles. The van der Waals surface area contributed by atoms with E-state index in [1.54, 1.807) is 19.2 Å². The summed E-state index contributed by atoms with van der Waals surface area (Å²) in [5.74, 6) is 1.24. The lowest BCUT2D eigenvalue weighted by atomic mass is 9.82. The van der Waals surface area contributed by atoms with Gasteiger partial charge in [-0.05, 0) is 43.4 Å². The Kier molecular flexibility index (Phi) is 5.03. The van der Waals surface area contributed by atoms with E-state index in [1.807, 2.05) is 0 Å². The standard InChI is InChI=1S/C17H26FNO/c1-3-5-13-6-4-10-17(19,11-9-13)15-12-14(18)7-8-16(15)20-2/h7-8,12-13H,3-6,9-11,19H2,1-2H3. The number of halogens is 1. The molecular formula is C17H26FNO. The summed E-state index contributed by atoms with van der Waals surface area (Å²) < 4.78 is 19.0. The lowest BCUT2D eigenvalue weighted by Crippen LogP contribution is -2.36. The molecule has 2 N–H and O–H groups in total. The fraction of sp³-hybridized carbons (Fsp3) is 0.647. The maximum Gasteiger partial charge on any atom is 0.124 e. The fourth-order valence-corrected chi connectivity index (χ4v) is 3.47. The molecule has 2 nitrogen and oxygen atoms in total. The van der Waals surface area contributed by atoms with Gasteiger partial charge in [-0.2, -0.15) is 0 Å². The summed E-state index contributed by atoms with van der Waals surface area (Å²) in [5.41, 5.74) is 7.02. The molecular weight excluding hydrogens is 253 g/mol. The van der Waals surface area contributed by atoms with Gasteiger partial charge in [-0.15, -0.1) is 0 Å². The highest BCUT2D eigenvalue weighted by Gasteiger charge is 2.33. The molecule has 1 aliphatic carbocycles. The second kappa shape index (κ2) is 6.57. The van der Waals surface area contributed by atoms with Crippen molar-refractivity contribution in [3.63, 3.8) is 0 Å². The normalized spacial score (nSPS) is 27.1. The predicted octanol–water partition coefficient (Wildman–Crippen LogP) is 4.37. The van der Waals surface area contributed by atoms with Gasteiger partial charge in [0.25, 0.3) is 0 Å². The van der Waals surface area contributed by atoms with E-state index in [4.69, 9.17) is 10.5 Å². The van der Waals surface area contributed by atoms with Gasteiger partial charge in [0.2, 0.25) is 0 Å². The molecule has 0 spiro atoms. The maximum absolute atomic E-state index is 13.6. The third kappa shape index (κ3) is 3.32. The first-order valence-electron chi connectivity index (χ1n) is 7.72. The van der Waals surface area contributed by atoms with Crippen LogP contribution in [-0.2, 0) is 5.54 Å². The van der Waals surface area contributed by atoms with E-state index < -0.39 is 5.54 Å². The predicted molar refractivity (Wildman–Crippen MR) is 80.3 cm³/mol. The van der Waals surface area contributed by atoms with Crippen LogP contribution in [0.4, 0.5) is 4.39 Å². The molecule has 1 aromatic rings. The summed E-state index contributed by atoms with van der Waals surface area (Å²) >= 11 is 0. The van der Waals surface area contributed by atoms with Gasteiger partial charge < -0.3 is 10.5 Å². The second-order valence-electron chi connectivity index (χ2n) is 6.09. The van der Waals surface area contributed by atoms with E-state index in [0.717, 1.165) is 37.2 Å². The van der Waals surface area contributed by atoms with Crippen molar-refractivity contribution >= 4 is 0 Å². The lowest BCUT2D eigenvalue weighted by molar-refractivity contribution is 0.339. The monoisotopic (exact) mass is 279 g/mol. The maximum atomic E-state index is 13.6. The Morgan fingerprint density at radius 2 is 2.15 bits per heavy atom. The first kappa shape index (κ1) is 15.3. The third-order valence-corrected chi connectivity index (χ3v) is 4.63.